The lowest BCUT2D eigenvalue weighted by Crippen LogP contribution is -2.41. The molecule has 3 aromatic rings. The number of carbonyl (C=O) groups is 3. The minimum Gasteiger partial charge on any atom is -0.346 e. The van der Waals surface area contributed by atoms with Crippen LogP contribution in [0, 0.1) is 0 Å². The molecular formula is C23H27N5O3. The van der Waals surface area contributed by atoms with Gasteiger partial charge in [-0.3, -0.25) is 14.4 Å². The van der Waals surface area contributed by atoms with Gasteiger partial charge >= 0.3 is 11.8 Å². The highest BCUT2D eigenvalue weighted by molar-refractivity contribution is 6.35. The van der Waals surface area contributed by atoms with Gasteiger partial charge in [0.1, 0.15) is 0 Å². The van der Waals surface area contributed by atoms with Crippen molar-refractivity contribution in [2.45, 2.75) is 46.7 Å². The molecule has 0 radical (unpaired) electrons. The van der Waals surface area contributed by atoms with Crippen molar-refractivity contribution in [2.75, 3.05) is 5.32 Å². The number of aryl methyl sites for hydroxylation is 1. The van der Waals surface area contributed by atoms with Gasteiger partial charge in [-0.2, -0.15) is 5.10 Å². The summed E-state index contributed by atoms with van der Waals surface area (Å²) >= 11 is 0. The normalized spacial score (nSPS) is 11.7. The Morgan fingerprint density at radius 3 is 2.42 bits per heavy atom. The topological polar surface area (TPSA) is 105 Å². The Balaban J connectivity index is 1.68. The molecule has 3 N–H and O–H groups in total. The van der Waals surface area contributed by atoms with E-state index in [0.717, 1.165) is 28.4 Å². The average molecular weight is 422 g/mol. The van der Waals surface area contributed by atoms with Crippen LogP contribution in [-0.2, 0) is 20.9 Å². The van der Waals surface area contributed by atoms with E-state index in [4.69, 9.17) is 0 Å². The summed E-state index contributed by atoms with van der Waals surface area (Å²) in [5.74, 6) is -1.90. The number of nitrogens with one attached hydrogen (secondary N) is 3. The zero-order valence-corrected chi connectivity index (χ0v) is 18.2. The molecule has 3 rings (SSSR count). The number of rotatable bonds is 6. The van der Waals surface area contributed by atoms with Crippen LogP contribution in [0.5, 0.6) is 0 Å². The quantitative estimate of drug-likeness (QED) is 0.323. The molecule has 0 spiro atoms. The summed E-state index contributed by atoms with van der Waals surface area (Å²) in [6, 6.07) is 13.9. The van der Waals surface area contributed by atoms with E-state index >= 15 is 0 Å². The van der Waals surface area contributed by atoms with Gasteiger partial charge in [-0.25, -0.2) is 5.43 Å². The second-order valence-corrected chi connectivity index (χ2v) is 7.63. The summed E-state index contributed by atoms with van der Waals surface area (Å²) in [6.45, 7) is 8.07. The van der Waals surface area contributed by atoms with Crippen molar-refractivity contribution >= 4 is 50.9 Å². The summed E-state index contributed by atoms with van der Waals surface area (Å²) in [6.07, 6.45) is -0.0131. The first-order valence-electron chi connectivity index (χ1n) is 10.2. The van der Waals surface area contributed by atoms with Crippen molar-refractivity contribution in [2.24, 2.45) is 5.10 Å². The summed E-state index contributed by atoms with van der Waals surface area (Å²) in [5.41, 5.74) is 5.50. The number of benzene rings is 2. The van der Waals surface area contributed by atoms with E-state index in [1.807, 2.05) is 30.3 Å². The molecule has 8 nitrogen and oxygen atoms in total. The third-order valence-electron chi connectivity index (χ3n) is 4.76. The molecule has 31 heavy (non-hydrogen) atoms. The van der Waals surface area contributed by atoms with Crippen LogP contribution in [0.2, 0.25) is 0 Å². The van der Waals surface area contributed by atoms with E-state index in [9.17, 15) is 14.4 Å². The molecule has 0 saturated carbocycles. The molecule has 0 unspecified atom stereocenters. The van der Waals surface area contributed by atoms with Crippen molar-refractivity contribution in [1.82, 2.24) is 15.3 Å². The van der Waals surface area contributed by atoms with Gasteiger partial charge in [0, 0.05) is 45.8 Å². The van der Waals surface area contributed by atoms with Crippen LogP contribution < -0.4 is 16.1 Å². The molecule has 8 heteroatoms. The second kappa shape index (κ2) is 9.42. The molecule has 1 heterocycles. The molecule has 0 atom stereocenters. The van der Waals surface area contributed by atoms with Crippen LogP contribution in [0.15, 0.2) is 47.6 Å². The van der Waals surface area contributed by atoms with Crippen LogP contribution in [0.1, 0.15) is 34.1 Å². The molecule has 0 saturated heterocycles. The van der Waals surface area contributed by atoms with E-state index in [0.29, 0.717) is 11.4 Å². The highest BCUT2D eigenvalue weighted by atomic mass is 16.2. The van der Waals surface area contributed by atoms with Crippen molar-refractivity contribution in [3.8, 4) is 0 Å². The first kappa shape index (κ1) is 22.0. The van der Waals surface area contributed by atoms with Crippen molar-refractivity contribution in [1.29, 1.82) is 0 Å². The van der Waals surface area contributed by atoms with Gasteiger partial charge < -0.3 is 15.2 Å². The maximum absolute atomic E-state index is 12.4. The first-order valence-corrected chi connectivity index (χ1v) is 10.2. The minimum absolute atomic E-state index is 0.0131. The summed E-state index contributed by atoms with van der Waals surface area (Å²) in [4.78, 5) is 35.7. The number of aromatic nitrogens is 1. The number of hydrogen-bond acceptors (Lipinski definition) is 4. The number of hydrogen-bond donors (Lipinski definition) is 3. The molecular weight excluding hydrogens is 394 g/mol. The Kier molecular flexibility index (Phi) is 6.69. The number of nitrogens with zero attached hydrogens (tertiary/aromatic N) is 2. The molecule has 0 fully saturated rings. The fourth-order valence-electron chi connectivity index (χ4n) is 3.47. The molecule has 0 aliphatic carbocycles. The molecule has 0 aliphatic heterocycles. The van der Waals surface area contributed by atoms with E-state index in [2.05, 4.69) is 44.8 Å². The largest absolute Gasteiger partial charge is 0.346 e. The van der Waals surface area contributed by atoms with Gasteiger partial charge in [0.05, 0.1) is 6.42 Å². The SMILES string of the molecule is CCn1c2ccccc2c2cc(NC(=O)C/C(C)=N\NC(=O)C(=O)NC(C)C)ccc21. The molecule has 162 valence electrons. The van der Waals surface area contributed by atoms with E-state index < -0.39 is 11.8 Å². The van der Waals surface area contributed by atoms with Gasteiger partial charge in [-0.05, 0) is 52.0 Å². The third-order valence-corrected chi connectivity index (χ3v) is 4.76. The van der Waals surface area contributed by atoms with Gasteiger partial charge in [0.2, 0.25) is 5.91 Å². The fraction of sp³-hybridized carbons (Fsp3) is 0.304. The number of carbonyl (C=O) groups excluding carboxylic acids is 3. The van der Waals surface area contributed by atoms with Crippen LogP contribution in [0.4, 0.5) is 5.69 Å². The van der Waals surface area contributed by atoms with Crippen molar-refractivity contribution in [3.63, 3.8) is 0 Å². The summed E-state index contributed by atoms with van der Waals surface area (Å²) in [5, 5.41) is 11.4. The monoisotopic (exact) mass is 421 g/mol. The maximum atomic E-state index is 12.4. The average Bonchev–Trinajstić information content (AvgIpc) is 3.04. The number of amides is 3. The molecule has 3 amide bonds. The highest BCUT2D eigenvalue weighted by Gasteiger charge is 2.14. The lowest BCUT2D eigenvalue weighted by atomic mass is 10.1. The van der Waals surface area contributed by atoms with Gasteiger partial charge in [-0.1, -0.05) is 18.2 Å². The lowest BCUT2D eigenvalue weighted by Gasteiger charge is -2.08. The van der Waals surface area contributed by atoms with Gasteiger partial charge in [0.15, 0.2) is 0 Å². The van der Waals surface area contributed by atoms with Crippen molar-refractivity contribution < 1.29 is 14.4 Å². The van der Waals surface area contributed by atoms with Crippen LogP contribution >= 0.6 is 0 Å². The summed E-state index contributed by atoms with van der Waals surface area (Å²) in [7, 11) is 0. The van der Waals surface area contributed by atoms with Crippen LogP contribution in [0.25, 0.3) is 21.8 Å². The smallest absolute Gasteiger partial charge is 0.329 e. The molecule has 1 aromatic heterocycles. The maximum Gasteiger partial charge on any atom is 0.329 e. The van der Waals surface area contributed by atoms with Crippen LogP contribution in [-0.4, -0.2) is 34.0 Å². The number of para-hydroxylation sites is 1. The standard InChI is InChI=1S/C23H27N5O3/c1-5-28-19-9-7-6-8-17(19)18-13-16(10-11-20(18)28)25-21(29)12-15(4)26-27-23(31)22(30)24-14(2)3/h6-11,13-14H,5,12H2,1-4H3,(H,24,30)(H,25,29)(H,27,31)/b26-15-. The Hall–Kier alpha value is -3.68. The predicted molar refractivity (Wildman–Crippen MR) is 123 cm³/mol. The number of fused-ring (bicyclic) bond motifs is 3. The highest BCUT2D eigenvalue weighted by Crippen LogP contribution is 2.30. The zero-order valence-electron chi connectivity index (χ0n) is 18.2. The Morgan fingerprint density at radius 2 is 1.71 bits per heavy atom. The van der Waals surface area contributed by atoms with Gasteiger partial charge in [-0.15, -0.1) is 0 Å². The lowest BCUT2D eigenvalue weighted by molar-refractivity contribution is -0.139. The molecule has 2 aromatic carbocycles. The summed E-state index contributed by atoms with van der Waals surface area (Å²) < 4.78 is 2.24. The Bertz CT molecular complexity index is 1180. The predicted octanol–water partition coefficient (Wildman–Crippen LogP) is 3.16. The van der Waals surface area contributed by atoms with E-state index in [1.165, 1.54) is 0 Å². The Labute approximate surface area is 180 Å². The van der Waals surface area contributed by atoms with Crippen LogP contribution in [0.3, 0.4) is 0 Å². The third kappa shape index (κ3) is 5.09. The first-order chi connectivity index (χ1) is 14.8. The molecule has 0 bridgehead atoms. The fourth-order valence-corrected chi connectivity index (χ4v) is 3.47. The second-order valence-electron chi connectivity index (χ2n) is 7.63. The number of hydrazone groups is 1. The molecule has 0 aliphatic rings. The Morgan fingerprint density at radius 1 is 1.00 bits per heavy atom. The van der Waals surface area contributed by atoms with E-state index in [-0.39, 0.29) is 18.4 Å². The van der Waals surface area contributed by atoms with Gasteiger partial charge in [0.25, 0.3) is 0 Å². The minimum atomic E-state index is -0.869. The van der Waals surface area contributed by atoms with Crippen molar-refractivity contribution in [3.05, 3.63) is 42.5 Å². The van der Waals surface area contributed by atoms with E-state index in [1.54, 1.807) is 20.8 Å². The zero-order chi connectivity index (χ0) is 22.5. The number of anilines is 1.